The lowest BCUT2D eigenvalue weighted by molar-refractivity contribution is 0.0934. The van der Waals surface area contributed by atoms with Gasteiger partial charge in [-0.2, -0.15) is 0 Å². The van der Waals surface area contributed by atoms with E-state index in [9.17, 15) is 9.59 Å². The van der Waals surface area contributed by atoms with Crippen LogP contribution in [-0.4, -0.2) is 33.9 Å². The van der Waals surface area contributed by atoms with E-state index in [4.69, 9.17) is 18.8 Å². The zero-order chi connectivity index (χ0) is 30.5. The van der Waals surface area contributed by atoms with Crippen LogP contribution in [0.2, 0.25) is 0 Å². The molecule has 0 saturated carbocycles. The quantitative estimate of drug-likeness (QED) is 0.206. The maximum absolute atomic E-state index is 12.4. The van der Waals surface area contributed by atoms with Gasteiger partial charge >= 0.3 is 0 Å². The first kappa shape index (κ1) is 27.3. The molecule has 0 radical (unpaired) electrons. The van der Waals surface area contributed by atoms with Crippen molar-refractivity contribution in [2.45, 2.75) is 39.8 Å². The highest BCUT2D eigenvalue weighted by atomic mass is 16.4. The van der Waals surface area contributed by atoms with E-state index < -0.39 is 0 Å². The van der Waals surface area contributed by atoms with Crippen LogP contribution in [0.5, 0.6) is 0 Å². The van der Waals surface area contributed by atoms with Gasteiger partial charge in [0, 0.05) is 46.5 Å². The molecule has 0 atom stereocenters. The normalized spacial score (nSPS) is 11.8. The number of hydrogen-bond acceptors (Lipinski definition) is 6. The predicted molar refractivity (Wildman–Crippen MR) is 173 cm³/mol. The van der Waals surface area contributed by atoms with Crippen molar-refractivity contribution in [1.29, 1.82) is 0 Å². The summed E-state index contributed by atoms with van der Waals surface area (Å²) in [5.74, 6) is 0.807. The molecular formula is C36H30N4O4. The molecule has 0 aliphatic heterocycles. The smallest absolute Gasteiger partial charge is 0.251 e. The molecule has 2 heterocycles. The third kappa shape index (κ3) is 5.15. The van der Waals surface area contributed by atoms with Gasteiger partial charge in [-0.25, -0.2) is 9.97 Å². The van der Waals surface area contributed by atoms with Gasteiger partial charge in [-0.15, -0.1) is 0 Å². The van der Waals surface area contributed by atoms with Crippen molar-refractivity contribution in [3.63, 3.8) is 0 Å². The molecule has 8 nitrogen and oxygen atoms in total. The number of amides is 2. The lowest BCUT2D eigenvalue weighted by atomic mass is 10.0. The molecule has 0 spiro atoms. The number of nitrogens with one attached hydrogen (secondary N) is 2. The van der Waals surface area contributed by atoms with E-state index in [-0.39, 0.29) is 23.9 Å². The monoisotopic (exact) mass is 582 g/mol. The first-order valence-electron chi connectivity index (χ1n) is 14.6. The van der Waals surface area contributed by atoms with Gasteiger partial charge < -0.3 is 19.5 Å². The van der Waals surface area contributed by atoms with Crippen LogP contribution in [0.25, 0.3) is 66.7 Å². The van der Waals surface area contributed by atoms with Crippen LogP contribution in [0, 0.1) is 0 Å². The molecule has 8 heteroatoms. The van der Waals surface area contributed by atoms with Crippen LogP contribution in [0.3, 0.4) is 0 Å². The number of carbonyl (C=O) groups excluding carboxylic acids is 2. The van der Waals surface area contributed by atoms with Crippen LogP contribution in [0.4, 0.5) is 0 Å². The summed E-state index contributed by atoms with van der Waals surface area (Å²) in [5.41, 5.74) is 5.47. The Balaban J connectivity index is 1.16. The van der Waals surface area contributed by atoms with Crippen molar-refractivity contribution >= 4 is 55.6 Å². The van der Waals surface area contributed by atoms with Crippen LogP contribution in [0.15, 0.2) is 93.8 Å². The van der Waals surface area contributed by atoms with Gasteiger partial charge in [0.25, 0.3) is 11.8 Å². The highest BCUT2D eigenvalue weighted by Gasteiger charge is 2.16. The number of aromatic nitrogens is 2. The molecule has 2 amide bonds. The summed E-state index contributed by atoms with van der Waals surface area (Å²) in [6.07, 6.45) is 0. The molecule has 0 saturated heterocycles. The van der Waals surface area contributed by atoms with Gasteiger partial charge in [0.15, 0.2) is 11.2 Å². The standard InChI is InChI=1S/C36H30N4O4/c1-19(2)37-33(41)25-9-5-23-15-27(11-7-21(23)13-25)35-39-29-17-32-30(18-31(29)43-35)40-36(44-32)28-12-8-22-14-26(10-6-24(22)16-28)34(42)38-20(3)4/h5-20H,1-4H3,(H,37,41)(H,38,42). The minimum atomic E-state index is -0.0896. The number of carbonyl (C=O) groups is 2. The average molecular weight is 583 g/mol. The largest absolute Gasteiger partial charge is 0.436 e. The highest BCUT2D eigenvalue weighted by molar-refractivity contribution is 6.00. The molecule has 0 aliphatic carbocycles. The Morgan fingerprint density at radius 2 is 0.932 bits per heavy atom. The number of oxazole rings is 2. The van der Waals surface area contributed by atoms with Gasteiger partial charge in [0.2, 0.25) is 11.8 Å². The molecule has 0 fully saturated rings. The second kappa shape index (κ2) is 10.6. The maximum atomic E-state index is 12.4. The van der Waals surface area contributed by atoms with E-state index >= 15 is 0 Å². The predicted octanol–water partition coefficient (Wildman–Crippen LogP) is 7.89. The lowest BCUT2D eigenvalue weighted by Crippen LogP contribution is -2.29. The number of rotatable bonds is 6. The van der Waals surface area contributed by atoms with Crippen LogP contribution < -0.4 is 10.6 Å². The molecule has 2 N–H and O–H groups in total. The van der Waals surface area contributed by atoms with Gasteiger partial charge in [0.05, 0.1) is 0 Å². The molecule has 7 rings (SSSR count). The van der Waals surface area contributed by atoms with E-state index in [0.717, 1.165) is 32.7 Å². The van der Waals surface area contributed by atoms with E-state index in [1.165, 1.54) is 0 Å². The lowest BCUT2D eigenvalue weighted by Gasteiger charge is -2.09. The van der Waals surface area contributed by atoms with Crippen LogP contribution in [-0.2, 0) is 0 Å². The third-order valence-corrected chi connectivity index (χ3v) is 7.44. The minimum absolute atomic E-state index is 0.0718. The molecule has 7 aromatic rings. The van der Waals surface area contributed by atoms with E-state index in [1.54, 1.807) is 0 Å². The van der Waals surface area contributed by atoms with E-state index in [0.29, 0.717) is 45.1 Å². The zero-order valence-corrected chi connectivity index (χ0v) is 24.8. The van der Waals surface area contributed by atoms with Gasteiger partial charge in [-0.1, -0.05) is 24.3 Å². The maximum Gasteiger partial charge on any atom is 0.251 e. The molecule has 218 valence electrons. The van der Waals surface area contributed by atoms with Crippen molar-refractivity contribution in [3.05, 3.63) is 96.1 Å². The molecule has 44 heavy (non-hydrogen) atoms. The molecular weight excluding hydrogens is 552 g/mol. The fraction of sp³-hybridized carbons (Fsp3) is 0.167. The van der Waals surface area contributed by atoms with Crippen molar-refractivity contribution in [2.75, 3.05) is 0 Å². The zero-order valence-electron chi connectivity index (χ0n) is 24.8. The van der Waals surface area contributed by atoms with Gasteiger partial charge in [-0.3, -0.25) is 9.59 Å². The number of benzene rings is 5. The Morgan fingerprint density at radius 3 is 1.34 bits per heavy atom. The first-order valence-corrected chi connectivity index (χ1v) is 14.6. The van der Waals surface area contributed by atoms with Crippen molar-refractivity contribution in [3.8, 4) is 22.9 Å². The molecule has 0 unspecified atom stereocenters. The highest BCUT2D eigenvalue weighted by Crippen LogP contribution is 2.33. The molecule has 5 aromatic carbocycles. The first-order chi connectivity index (χ1) is 21.2. The van der Waals surface area contributed by atoms with Crippen molar-refractivity contribution in [1.82, 2.24) is 20.6 Å². The topological polar surface area (TPSA) is 110 Å². The second-order valence-corrected chi connectivity index (χ2v) is 11.6. The molecule has 2 aromatic heterocycles. The van der Waals surface area contributed by atoms with E-state index in [1.807, 2.05) is 113 Å². The van der Waals surface area contributed by atoms with Gasteiger partial charge in [0.1, 0.15) is 11.0 Å². The van der Waals surface area contributed by atoms with Gasteiger partial charge in [-0.05, 0) is 97.8 Å². The Bertz CT molecular complexity index is 2040. The summed E-state index contributed by atoms with van der Waals surface area (Å²) in [4.78, 5) is 34.3. The van der Waals surface area contributed by atoms with Crippen molar-refractivity contribution < 1.29 is 18.4 Å². The molecule has 0 aliphatic rings. The second-order valence-electron chi connectivity index (χ2n) is 11.6. The summed E-state index contributed by atoms with van der Waals surface area (Å²) < 4.78 is 12.3. The van der Waals surface area contributed by atoms with E-state index in [2.05, 4.69) is 10.6 Å². The average Bonchev–Trinajstić information content (AvgIpc) is 3.61. The number of hydrogen-bond donors (Lipinski definition) is 2. The Morgan fingerprint density at radius 1 is 0.545 bits per heavy atom. The Labute approximate surface area is 253 Å². The third-order valence-electron chi connectivity index (χ3n) is 7.44. The SMILES string of the molecule is CC(C)NC(=O)c1ccc2cc(-c3nc4cc5oc(-c6ccc7cc(C(=O)NC(C)C)ccc7c6)nc5cc4o3)ccc2c1. The number of nitrogens with zero attached hydrogens (tertiary/aromatic N) is 2. The minimum Gasteiger partial charge on any atom is -0.436 e. The fourth-order valence-electron chi connectivity index (χ4n) is 5.33. The Kier molecular flexibility index (Phi) is 6.62. The number of fused-ring (bicyclic) bond motifs is 4. The summed E-state index contributed by atoms with van der Waals surface area (Å²) in [6.45, 7) is 7.76. The Hall–Kier alpha value is -5.50. The molecule has 0 bridgehead atoms. The van der Waals surface area contributed by atoms with Crippen molar-refractivity contribution in [2.24, 2.45) is 0 Å². The fourth-order valence-corrected chi connectivity index (χ4v) is 5.33. The summed E-state index contributed by atoms with van der Waals surface area (Å²) in [6, 6.07) is 27.0. The van der Waals surface area contributed by atoms with Crippen LogP contribution >= 0.6 is 0 Å². The summed E-state index contributed by atoms with van der Waals surface area (Å²) >= 11 is 0. The summed E-state index contributed by atoms with van der Waals surface area (Å²) in [5, 5.41) is 9.74. The summed E-state index contributed by atoms with van der Waals surface area (Å²) in [7, 11) is 0. The van der Waals surface area contributed by atoms with Crippen LogP contribution in [0.1, 0.15) is 48.4 Å².